The number of halogens is 5. The summed E-state index contributed by atoms with van der Waals surface area (Å²) in [4.78, 5) is 0. The second-order valence-corrected chi connectivity index (χ2v) is 4.58. The second-order valence-electron chi connectivity index (χ2n) is 4.58. The lowest BCUT2D eigenvalue weighted by Gasteiger charge is -2.09. The van der Waals surface area contributed by atoms with Crippen LogP contribution in [-0.2, 0) is 19.3 Å². The van der Waals surface area contributed by atoms with E-state index in [4.69, 9.17) is 0 Å². The molecule has 6 heteroatoms. The molecule has 0 fully saturated rings. The van der Waals surface area contributed by atoms with Crippen molar-refractivity contribution in [2.75, 3.05) is 0 Å². The Morgan fingerprint density at radius 3 is 1.81 bits per heavy atom. The van der Waals surface area contributed by atoms with Gasteiger partial charge in [0.1, 0.15) is 11.6 Å². The van der Waals surface area contributed by atoms with Gasteiger partial charge in [0.2, 0.25) is 0 Å². The Bertz CT molecular complexity index is 584. The molecule has 1 N–H and O–H groups in total. The van der Waals surface area contributed by atoms with E-state index in [9.17, 15) is 22.0 Å². The van der Waals surface area contributed by atoms with Crippen LogP contribution in [0.3, 0.4) is 0 Å². The van der Waals surface area contributed by atoms with Crippen LogP contribution >= 0.6 is 0 Å². The number of nitrogens with one attached hydrogen (secondary N) is 1. The largest absolute Gasteiger partial charge is 0.416 e. The first kappa shape index (κ1) is 15.4. The number of rotatable bonds is 4. The molecule has 2 aromatic carbocycles. The molecule has 0 atom stereocenters. The minimum absolute atomic E-state index is 0.218. The summed E-state index contributed by atoms with van der Waals surface area (Å²) in [6, 6.07) is 7.90. The summed E-state index contributed by atoms with van der Waals surface area (Å²) in [6.07, 6.45) is -4.36. The third kappa shape index (κ3) is 4.53. The van der Waals surface area contributed by atoms with Crippen LogP contribution in [0.2, 0.25) is 0 Å². The maximum Gasteiger partial charge on any atom is 0.416 e. The van der Waals surface area contributed by atoms with E-state index in [1.807, 2.05) is 0 Å². The van der Waals surface area contributed by atoms with Crippen molar-refractivity contribution in [3.63, 3.8) is 0 Å². The van der Waals surface area contributed by atoms with Gasteiger partial charge in [0.05, 0.1) is 5.56 Å². The standard InChI is InChI=1S/C15H12F5N/c16-13-5-11(6-14(17)7-13)9-21-8-10-1-3-12(4-2-10)15(18,19)20/h1-7,21H,8-9H2. The summed E-state index contributed by atoms with van der Waals surface area (Å²) >= 11 is 0. The molecule has 1 nitrogen and oxygen atoms in total. The maximum absolute atomic E-state index is 13.0. The monoisotopic (exact) mass is 301 g/mol. The molecular weight excluding hydrogens is 289 g/mol. The fourth-order valence-corrected chi connectivity index (χ4v) is 1.88. The van der Waals surface area contributed by atoms with E-state index in [2.05, 4.69) is 5.32 Å². The van der Waals surface area contributed by atoms with Crippen LogP contribution in [-0.4, -0.2) is 0 Å². The SMILES string of the molecule is Fc1cc(F)cc(CNCc2ccc(C(F)(F)F)cc2)c1. The molecule has 0 bridgehead atoms. The Morgan fingerprint density at radius 1 is 0.762 bits per heavy atom. The minimum atomic E-state index is -4.36. The average molecular weight is 301 g/mol. The van der Waals surface area contributed by atoms with Gasteiger partial charge in [0.25, 0.3) is 0 Å². The zero-order valence-corrected chi connectivity index (χ0v) is 10.8. The van der Waals surface area contributed by atoms with Gasteiger partial charge in [-0.05, 0) is 35.4 Å². The first-order chi connectivity index (χ1) is 9.84. The molecule has 0 aromatic heterocycles. The molecule has 0 aliphatic rings. The molecule has 0 saturated heterocycles. The lowest BCUT2D eigenvalue weighted by Crippen LogP contribution is -2.13. The van der Waals surface area contributed by atoms with Gasteiger partial charge in [0.15, 0.2) is 0 Å². The summed E-state index contributed by atoms with van der Waals surface area (Å²) in [5.41, 5.74) is 0.373. The van der Waals surface area contributed by atoms with Crippen molar-refractivity contribution >= 4 is 0 Å². The minimum Gasteiger partial charge on any atom is -0.309 e. The van der Waals surface area contributed by atoms with Crippen LogP contribution in [0.15, 0.2) is 42.5 Å². The van der Waals surface area contributed by atoms with E-state index in [-0.39, 0.29) is 6.54 Å². The van der Waals surface area contributed by atoms with Gasteiger partial charge < -0.3 is 5.32 Å². The molecule has 0 unspecified atom stereocenters. The van der Waals surface area contributed by atoms with Crippen LogP contribution in [0.4, 0.5) is 22.0 Å². The van der Waals surface area contributed by atoms with Crippen LogP contribution < -0.4 is 5.32 Å². The average Bonchev–Trinajstić information content (AvgIpc) is 2.37. The Labute approximate surface area is 118 Å². The highest BCUT2D eigenvalue weighted by Gasteiger charge is 2.29. The van der Waals surface area contributed by atoms with Gasteiger partial charge in [-0.2, -0.15) is 13.2 Å². The molecule has 2 aromatic rings. The van der Waals surface area contributed by atoms with E-state index in [1.165, 1.54) is 24.3 Å². The van der Waals surface area contributed by atoms with E-state index in [0.29, 0.717) is 17.7 Å². The Morgan fingerprint density at radius 2 is 1.29 bits per heavy atom. The Kier molecular flexibility index (Phi) is 4.57. The van der Waals surface area contributed by atoms with E-state index < -0.39 is 23.4 Å². The first-order valence-corrected chi connectivity index (χ1v) is 6.16. The second kappa shape index (κ2) is 6.22. The molecule has 0 aliphatic carbocycles. The van der Waals surface area contributed by atoms with Crippen molar-refractivity contribution in [1.82, 2.24) is 5.32 Å². The first-order valence-electron chi connectivity index (χ1n) is 6.16. The van der Waals surface area contributed by atoms with E-state index in [1.54, 1.807) is 0 Å². The predicted octanol–water partition coefficient (Wildman–Crippen LogP) is 4.27. The topological polar surface area (TPSA) is 12.0 Å². The fraction of sp³-hybridized carbons (Fsp3) is 0.200. The summed E-state index contributed by atoms with van der Waals surface area (Å²) in [5, 5.41) is 2.92. The molecular formula is C15H12F5N. The highest BCUT2D eigenvalue weighted by atomic mass is 19.4. The zero-order chi connectivity index (χ0) is 15.5. The van der Waals surface area contributed by atoms with Gasteiger partial charge in [-0.3, -0.25) is 0 Å². The highest BCUT2D eigenvalue weighted by molar-refractivity contribution is 5.24. The van der Waals surface area contributed by atoms with Crippen molar-refractivity contribution in [2.45, 2.75) is 19.3 Å². The number of hydrogen-bond donors (Lipinski definition) is 1. The van der Waals surface area contributed by atoms with Gasteiger partial charge in [-0.1, -0.05) is 12.1 Å². The van der Waals surface area contributed by atoms with E-state index >= 15 is 0 Å². The van der Waals surface area contributed by atoms with Gasteiger partial charge in [-0.15, -0.1) is 0 Å². The number of hydrogen-bond acceptors (Lipinski definition) is 1. The molecule has 0 saturated carbocycles. The summed E-state index contributed by atoms with van der Waals surface area (Å²) in [6.45, 7) is 0.520. The summed E-state index contributed by atoms with van der Waals surface area (Å²) in [5.74, 6) is -1.33. The van der Waals surface area contributed by atoms with E-state index in [0.717, 1.165) is 18.2 Å². The van der Waals surface area contributed by atoms with Crippen molar-refractivity contribution in [3.05, 3.63) is 70.8 Å². The zero-order valence-electron chi connectivity index (χ0n) is 10.8. The van der Waals surface area contributed by atoms with Crippen LogP contribution in [0.25, 0.3) is 0 Å². The molecule has 21 heavy (non-hydrogen) atoms. The number of benzene rings is 2. The lowest BCUT2D eigenvalue weighted by atomic mass is 10.1. The number of alkyl halides is 3. The maximum atomic E-state index is 13.0. The lowest BCUT2D eigenvalue weighted by molar-refractivity contribution is -0.137. The summed E-state index contributed by atoms with van der Waals surface area (Å²) in [7, 11) is 0. The van der Waals surface area contributed by atoms with Crippen molar-refractivity contribution in [1.29, 1.82) is 0 Å². The molecule has 0 radical (unpaired) electrons. The highest BCUT2D eigenvalue weighted by Crippen LogP contribution is 2.29. The van der Waals surface area contributed by atoms with Crippen LogP contribution in [0.5, 0.6) is 0 Å². The Balaban J connectivity index is 1.91. The predicted molar refractivity (Wildman–Crippen MR) is 68.3 cm³/mol. The third-order valence-electron chi connectivity index (χ3n) is 2.86. The van der Waals surface area contributed by atoms with Crippen molar-refractivity contribution in [3.8, 4) is 0 Å². The smallest absolute Gasteiger partial charge is 0.309 e. The molecule has 2 rings (SSSR count). The molecule has 0 aliphatic heterocycles. The van der Waals surface area contributed by atoms with Gasteiger partial charge >= 0.3 is 6.18 Å². The normalized spacial score (nSPS) is 11.7. The third-order valence-corrected chi connectivity index (χ3v) is 2.86. The molecule has 112 valence electrons. The van der Waals surface area contributed by atoms with Crippen LogP contribution in [0.1, 0.15) is 16.7 Å². The van der Waals surface area contributed by atoms with Crippen molar-refractivity contribution in [2.24, 2.45) is 0 Å². The van der Waals surface area contributed by atoms with Gasteiger partial charge in [-0.25, -0.2) is 8.78 Å². The fourth-order valence-electron chi connectivity index (χ4n) is 1.88. The Hall–Kier alpha value is -1.95. The van der Waals surface area contributed by atoms with Crippen molar-refractivity contribution < 1.29 is 22.0 Å². The van der Waals surface area contributed by atoms with Gasteiger partial charge in [0, 0.05) is 19.2 Å². The molecule has 0 heterocycles. The quantitative estimate of drug-likeness (QED) is 0.831. The van der Waals surface area contributed by atoms with Crippen LogP contribution in [0, 0.1) is 11.6 Å². The summed E-state index contributed by atoms with van der Waals surface area (Å²) < 4.78 is 63.1. The molecule has 0 spiro atoms. The molecule has 0 amide bonds.